The highest BCUT2D eigenvalue weighted by Crippen LogP contribution is 2.21. The molecule has 1 aliphatic carbocycles. The zero-order valence-corrected chi connectivity index (χ0v) is 11.7. The van der Waals surface area contributed by atoms with E-state index in [1.54, 1.807) is 4.90 Å². The zero-order valence-electron chi connectivity index (χ0n) is 11.7. The van der Waals surface area contributed by atoms with Crippen LogP contribution >= 0.6 is 0 Å². The number of anilines is 1. The van der Waals surface area contributed by atoms with Crippen LogP contribution in [0, 0.1) is 6.92 Å². The lowest BCUT2D eigenvalue weighted by Gasteiger charge is -2.35. The zero-order chi connectivity index (χ0) is 13.8. The number of hydrogen-bond donors (Lipinski definition) is 2. The van der Waals surface area contributed by atoms with Gasteiger partial charge in [-0.05, 0) is 37.5 Å². The highest BCUT2D eigenvalue weighted by Gasteiger charge is 2.28. The Morgan fingerprint density at radius 1 is 1.37 bits per heavy atom. The van der Waals surface area contributed by atoms with E-state index in [9.17, 15) is 4.79 Å². The van der Waals surface area contributed by atoms with Gasteiger partial charge in [-0.3, -0.25) is 0 Å². The van der Waals surface area contributed by atoms with E-state index in [4.69, 9.17) is 5.73 Å². The van der Waals surface area contributed by atoms with Crippen molar-refractivity contribution in [2.24, 2.45) is 5.73 Å². The first-order chi connectivity index (χ1) is 9.08. The van der Waals surface area contributed by atoms with E-state index in [1.807, 2.05) is 38.2 Å². The second kappa shape index (κ2) is 6.06. The van der Waals surface area contributed by atoms with Crippen molar-refractivity contribution in [1.82, 2.24) is 4.90 Å². The normalized spacial score (nSPS) is 22.9. The number of carbonyl (C=O) groups excluding carboxylic acids is 1. The fraction of sp³-hybridized carbons (Fsp3) is 0.533. The summed E-state index contributed by atoms with van der Waals surface area (Å²) in [5.41, 5.74) is 8.08. The minimum atomic E-state index is -0.0760. The molecule has 0 bridgehead atoms. The Hall–Kier alpha value is -1.55. The van der Waals surface area contributed by atoms with Gasteiger partial charge < -0.3 is 16.0 Å². The van der Waals surface area contributed by atoms with Crippen molar-refractivity contribution in [2.45, 2.75) is 44.7 Å². The Labute approximate surface area is 115 Å². The maximum absolute atomic E-state index is 12.2. The van der Waals surface area contributed by atoms with Crippen molar-refractivity contribution in [2.75, 3.05) is 12.4 Å². The molecule has 2 atom stereocenters. The molecule has 2 unspecified atom stereocenters. The van der Waals surface area contributed by atoms with Crippen LogP contribution in [0.1, 0.15) is 31.2 Å². The third-order valence-corrected chi connectivity index (χ3v) is 3.87. The van der Waals surface area contributed by atoms with E-state index in [1.165, 1.54) is 6.42 Å². The molecule has 1 aliphatic rings. The van der Waals surface area contributed by atoms with Gasteiger partial charge in [0.15, 0.2) is 0 Å². The van der Waals surface area contributed by atoms with Gasteiger partial charge >= 0.3 is 6.03 Å². The number of benzene rings is 1. The molecule has 1 fully saturated rings. The van der Waals surface area contributed by atoms with Crippen molar-refractivity contribution >= 4 is 11.7 Å². The Kier molecular flexibility index (Phi) is 4.43. The van der Waals surface area contributed by atoms with Gasteiger partial charge in [0.25, 0.3) is 0 Å². The van der Waals surface area contributed by atoms with Crippen LogP contribution in [0.25, 0.3) is 0 Å². The summed E-state index contributed by atoms with van der Waals surface area (Å²) >= 11 is 0. The van der Waals surface area contributed by atoms with Gasteiger partial charge in [-0.2, -0.15) is 0 Å². The summed E-state index contributed by atoms with van der Waals surface area (Å²) in [6.07, 6.45) is 4.33. The number of nitrogens with zero attached hydrogens (tertiary/aromatic N) is 1. The van der Waals surface area contributed by atoms with E-state index in [0.29, 0.717) is 0 Å². The first kappa shape index (κ1) is 13.9. The fourth-order valence-corrected chi connectivity index (χ4v) is 2.71. The molecule has 1 aromatic rings. The number of urea groups is 1. The lowest BCUT2D eigenvalue weighted by atomic mass is 9.90. The number of rotatable bonds is 2. The molecule has 4 heteroatoms. The third kappa shape index (κ3) is 3.47. The smallest absolute Gasteiger partial charge is 0.321 e. The molecule has 0 radical (unpaired) electrons. The average Bonchev–Trinajstić information content (AvgIpc) is 2.38. The van der Waals surface area contributed by atoms with E-state index >= 15 is 0 Å². The molecule has 2 amide bonds. The molecule has 1 saturated carbocycles. The minimum Gasteiger partial charge on any atom is -0.326 e. The first-order valence-electron chi connectivity index (χ1n) is 6.94. The quantitative estimate of drug-likeness (QED) is 0.860. The second-order valence-corrected chi connectivity index (χ2v) is 5.43. The topological polar surface area (TPSA) is 58.4 Å². The number of nitrogens with two attached hydrogens (primary N) is 1. The largest absolute Gasteiger partial charge is 0.326 e. The summed E-state index contributed by atoms with van der Waals surface area (Å²) in [6.45, 7) is 2.01. The van der Waals surface area contributed by atoms with Crippen LogP contribution in [0.3, 0.4) is 0 Å². The number of carbonyl (C=O) groups is 1. The van der Waals surface area contributed by atoms with E-state index in [-0.39, 0.29) is 18.1 Å². The lowest BCUT2D eigenvalue weighted by molar-refractivity contribution is 0.174. The number of nitrogens with one attached hydrogen (secondary N) is 1. The molecular formula is C15H23N3O. The van der Waals surface area contributed by atoms with Crippen molar-refractivity contribution in [3.8, 4) is 0 Å². The molecule has 0 aliphatic heterocycles. The molecule has 1 aromatic carbocycles. The maximum Gasteiger partial charge on any atom is 0.321 e. The van der Waals surface area contributed by atoms with Crippen molar-refractivity contribution in [1.29, 1.82) is 0 Å². The summed E-state index contributed by atoms with van der Waals surface area (Å²) in [5.74, 6) is 0. The first-order valence-corrected chi connectivity index (χ1v) is 6.94. The second-order valence-electron chi connectivity index (χ2n) is 5.43. The summed E-state index contributed by atoms with van der Waals surface area (Å²) in [5, 5.41) is 2.93. The summed E-state index contributed by atoms with van der Waals surface area (Å²) < 4.78 is 0. The fourth-order valence-electron chi connectivity index (χ4n) is 2.71. The van der Waals surface area contributed by atoms with Gasteiger partial charge in [-0.25, -0.2) is 4.79 Å². The van der Waals surface area contributed by atoms with Gasteiger partial charge in [-0.1, -0.05) is 25.0 Å². The third-order valence-electron chi connectivity index (χ3n) is 3.87. The standard InChI is InChI=1S/C15H23N3O/c1-11-6-5-7-12(10-11)17-15(19)18(2)14-9-4-3-8-13(14)16/h5-7,10,13-14H,3-4,8-9,16H2,1-2H3,(H,17,19). The van der Waals surface area contributed by atoms with Crippen LogP contribution in [0.4, 0.5) is 10.5 Å². The van der Waals surface area contributed by atoms with Gasteiger partial charge in [0.1, 0.15) is 0 Å². The summed E-state index contributed by atoms with van der Waals surface area (Å²) in [7, 11) is 1.83. The van der Waals surface area contributed by atoms with Crippen LogP contribution in [0.5, 0.6) is 0 Å². The van der Waals surface area contributed by atoms with Crippen molar-refractivity contribution in [3.05, 3.63) is 29.8 Å². The molecule has 0 aromatic heterocycles. The molecule has 2 rings (SSSR count). The maximum atomic E-state index is 12.2. The molecule has 0 saturated heterocycles. The molecule has 19 heavy (non-hydrogen) atoms. The number of aryl methyl sites for hydroxylation is 1. The Bertz CT molecular complexity index is 447. The van der Waals surface area contributed by atoms with Gasteiger partial charge in [0.05, 0.1) is 0 Å². The molecule has 104 valence electrons. The van der Waals surface area contributed by atoms with Crippen molar-refractivity contribution in [3.63, 3.8) is 0 Å². The van der Waals surface area contributed by atoms with Gasteiger partial charge in [0, 0.05) is 24.8 Å². The number of likely N-dealkylation sites (N-methyl/N-ethyl adjacent to an activating group) is 1. The number of hydrogen-bond acceptors (Lipinski definition) is 2. The van der Waals surface area contributed by atoms with E-state index in [0.717, 1.165) is 30.5 Å². The van der Waals surface area contributed by atoms with E-state index in [2.05, 4.69) is 5.32 Å². The van der Waals surface area contributed by atoms with Gasteiger partial charge in [-0.15, -0.1) is 0 Å². The highest BCUT2D eigenvalue weighted by molar-refractivity contribution is 5.89. The predicted molar refractivity (Wildman–Crippen MR) is 78.2 cm³/mol. The van der Waals surface area contributed by atoms with Crippen molar-refractivity contribution < 1.29 is 4.79 Å². The Balaban J connectivity index is 1.99. The molecule has 0 spiro atoms. The predicted octanol–water partition coefficient (Wildman–Crippen LogP) is 2.73. The Morgan fingerprint density at radius 2 is 2.11 bits per heavy atom. The summed E-state index contributed by atoms with van der Waals surface area (Å²) in [4.78, 5) is 14.0. The van der Waals surface area contributed by atoms with Crippen LogP contribution in [-0.2, 0) is 0 Å². The highest BCUT2D eigenvalue weighted by atomic mass is 16.2. The average molecular weight is 261 g/mol. The Morgan fingerprint density at radius 3 is 2.79 bits per heavy atom. The van der Waals surface area contributed by atoms with Crippen LogP contribution < -0.4 is 11.1 Å². The molecular weight excluding hydrogens is 238 g/mol. The minimum absolute atomic E-state index is 0.0760. The molecule has 0 heterocycles. The lowest BCUT2D eigenvalue weighted by Crippen LogP contribution is -2.51. The van der Waals surface area contributed by atoms with Gasteiger partial charge in [0.2, 0.25) is 0 Å². The van der Waals surface area contributed by atoms with Crippen LogP contribution in [-0.4, -0.2) is 30.1 Å². The monoisotopic (exact) mass is 261 g/mol. The number of amides is 2. The van der Waals surface area contributed by atoms with Crippen LogP contribution in [0.2, 0.25) is 0 Å². The molecule has 4 nitrogen and oxygen atoms in total. The SMILES string of the molecule is Cc1cccc(NC(=O)N(C)C2CCCCC2N)c1. The molecule has 3 N–H and O–H groups in total. The van der Waals surface area contributed by atoms with E-state index < -0.39 is 0 Å². The van der Waals surface area contributed by atoms with Crippen LogP contribution in [0.15, 0.2) is 24.3 Å². The summed E-state index contributed by atoms with van der Waals surface area (Å²) in [6, 6.07) is 7.99.